The van der Waals surface area contributed by atoms with Crippen molar-refractivity contribution in [1.29, 1.82) is 0 Å². The monoisotopic (exact) mass is 273 g/mol. The molecule has 0 aromatic heterocycles. The normalized spacial score (nSPS) is 24.3. The van der Waals surface area contributed by atoms with Gasteiger partial charge in [0.2, 0.25) is 0 Å². The zero-order chi connectivity index (χ0) is 13.4. The summed E-state index contributed by atoms with van der Waals surface area (Å²) < 4.78 is 5.31. The molecule has 2 saturated heterocycles. The molecule has 20 heavy (non-hydrogen) atoms. The van der Waals surface area contributed by atoms with Crippen LogP contribution in [-0.4, -0.2) is 56.9 Å². The van der Waals surface area contributed by atoms with E-state index in [1.165, 1.54) is 30.8 Å². The van der Waals surface area contributed by atoms with E-state index in [1.54, 1.807) is 5.56 Å². The van der Waals surface area contributed by atoms with Crippen LogP contribution in [0.2, 0.25) is 0 Å². The van der Waals surface area contributed by atoms with Gasteiger partial charge in [0.15, 0.2) is 0 Å². The van der Waals surface area contributed by atoms with E-state index in [2.05, 4.69) is 33.3 Å². The third-order valence-corrected chi connectivity index (χ3v) is 4.91. The first-order valence-corrected chi connectivity index (χ1v) is 7.80. The number of fused-ring (bicyclic) bond motifs is 1. The molecule has 1 aromatic rings. The molecule has 0 saturated carbocycles. The molecule has 4 nitrogen and oxygen atoms in total. The summed E-state index contributed by atoms with van der Waals surface area (Å²) in [5.74, 6) is 0. The zero-order valence-electron chi connectivity index (χ0n) is 12.0. The summed E-state index contributed by atoms with van der Waals surface area (Å²) in [6.07, 6.45) is 1.17. The maximum atomic E-state index is 5.31. The van der Waals surface area contributed by atoms with Crippen LogP contribution in [0.25, 0.3) is 0 Å². The molecule has 0 aliphatic carbocycles. The Labute approximate surface area is 120 Å². The van der Waals surface area contributed by atoms with E-state index in [0.717, 1.165) is 39.4 Å². The molecule has 2 fully saturated rings. The van der Waals surface area contributed by atoms with Gasteiger partial charge in [0.1, 0.15) is 0 Å². The van der Waals surface area contributed by atoms with Crippen LogP contribution in [0.4, 0.5) is 5.69 Å². The standard InChI is InChI=1S/C16H23N3O/c1-2-13-10-17-5-4-15(13)16(3-1)19-8-6-18(7-9-19)14-11-20-12-14/h1-3,14,17H,4-12H2. The molecule has 108 valence electrons. The second kappa shape index (κ2) is 5.35. The molecule has 0 amide bonds. The van der Waals surface area contributed by atoms with Gasteiger partial charge in [0.05, 0.1) is 19.3 Å². The van der Waals surface area contributed by atoms with E-state index in [0.29, 0.717) is 6.04 Å². The van der Waals surface area contributed by atoms with Crippen LogP contribution in [0.3, 0.4) is 0 Å². The average molecular weight is 273 g/mol. The summed E-state index contributed by atoms with van der Waals surface area (Å²) >= 11 is 0. The van der Waals surface area contributed by atoms with E-state index in [1.807, 2.05) is 0 Å². The first-order chi connectivity index (χ1) is 9.92. The van der Waals surface area contributed by atoms with Crippen molar-refractivity contribution < 1.29 is 4.74 Å². The fraction of sp³-hybridized carbons (Fsp3) is 0.625. The maximum absolute atomic E-state index is 5.31. The number of hydrogen-bond acceptors (Lipinski definition) is 4. The van der Waals surface area contributed by atoms with Gasteiger partial charge in [0.25, 0.3) is 0 Å². The Bertz CT molecular complexity index is 479. The van der Waals surface area contributed by atoms with Gasteiger partial charge in [-0.05, 0) is 30.2 Å². The second-order valence-electron chi connectivity index (χ2n) is 6.06. The number of piperazine rings is 1. The third-order valence-electron chi connectivity index (χ3n) is 4.91. The highest BCUT2D eigenvalue weighted by molar-refractivity contribution is 5.58. The Morgan fingerprint density at radius 2 is 1.95 bits per heavy atom. The Hall–Kier alpha value is -1.10. The number of ether oxygens (including phenoxy) is 1. The van der Waals surface area contributed by atoms with Crippen molar-refractivity contribution in [2.45, 2.75) is 19.0 Å². The lowest BCUT2D eigenvalue weighted by Gasteiger charge is -2.43. The molecule has 3 aliphatic rings. The summed E-state index contributed by atoms with van der Waals surface area (Å²) in [4.78, 5) is 5.18. The molecule has 4 heteroatoms. The topological polar surface area (TPSA) is 27.7 Å². The van der Waals surface area contributed by atoms with E-state index >= 15 is 0 Å². The van der Waals surface area contributed by atoms with Crippen molar-refractivity contribution in [2.75, 3.05) is 50.8 Å². The van der Waals surface area contributed by atoms with Crippen molar-refractivity contribution in [2.24, 2.45) is 0 Å². The molecule has 3 heterocycles. The molecule has 4 rings (SSSR count). The minimum absolute atomic E-state index is 0.686. The van der Waals surface area contributed by atoms with Crippen molar-refractivity contribution in [1.82, 2.24) is 10.2 Å². The number of nitrogens with zero attached hydrogens (tertiary/aromatic N) is 2. The number of hydrogen-bond donors (Lipinski definition) is 1. The first-order valence-electron chi connectivity index (χ1n) is 7.80. The van der Waals surface area contributed by atoms with E-state index < -0.39 is 0 Å². The van der Waals surface area contributed by atoms with Gasteiger partial charge >= 0.3 is 0 Å². The zero-order valence-corrected chi connectivity index (χ0v) is 12.0. The lowest BCUT2D eigenvalue weighted by molar-refractivity contribution is -0.0660. The highest BCUT2D eigenvalue weighted by Crippen LogP contribution is 2.28. The summed E-state index contributed by atoms with van der Waals surface area (Å²) in [6, 6.07) is 7.48. The Morgan fingerprint density at radius 1 is 1.10 bits per heavy atom. The van der Waals surface area contributed by atoms with Crippen LogP contribution < -0.4 is 10.2 Å². The molecule has 0 radical (unpaired) electrons. The predicted molar refractivity (Wildman–Crippen MR) is 80.2 cm³/mol. The van der Waals surface area contributed by atoms with Crippen molar-refractivity contribution in [3.8, 4) is 0 Å². The van der Waals surface area contributed by atoms with Crippen LogP contribution in [0.15, 0.2) is 18.2 Å². The SMILES string of the molecule is c1cc2c(c(N3CCN(C4COC4)CC3)c1)CCNC2. The molecule has 0 bridgehead atoms. The summed E-state index contributed by atoms with van der Waals surface area (Å²) in [5.41, 5.74) is 4.55. The van der Waals surface area contributed by atoms with Crippen LogP contribution in [0.5, 0.6) is 0 Å². The molecule has 0 unspecified atom stereocenters. The van der Waals surface area contributed by atoms with Crippen LogP contribution in [-0.2, 0) is 17.7 Å². The van der Waals surface area contributed by atoms with Crippen molar-refractivity contribution in [3.05, 3.63) is 29.3 Å². The van der Waals surface area contributed by atoms with E-state index in [9.17, 15) is 0 Å². The molecular weight excluding hydrogens is 250 g/mol. The summed E-state index contributed by atoms with van der Waals surface area (Å²) in [6.45, 7) is 8.68. The summed E-state index contributed by atoms with van der Waals surface area (Å²) in [5, 5.41) is 3.47. The van der Waals surface area contributed by atoms with Gasteiger partial charge in [-0.3, -0.25) is 4.90 Å². The first kappa shape index (κ1) is 12.6. The number of anilines is 1. The van der Waals surface area contributed by atoms with Crippen molar-refractivity contribution >= 4 is 5.69 Å². The van der Waals surface area contributed by atoms with E-state index in [4.69, 9.17) is 4.74 Å². The third kappa shape index (κ3) is 2.22. The lowest BCUT2D eigenvalue weighted by atomic mass is 9.98. The van der Waals surface area contributed by atoms with Gasteiger partial charge in [-0.1, -0.05) is 12.1 Å². The lowest BCUT2D eigenvalue weighted by Crippen LogP contribution is -2.56. The largest absolute Gasteiger partial charge is 0.378 e. The van der Waals surface area contributed by atoms with Crippen molar-refractivity contribution in [3.63, 3.8) is 0 Å². The minimum Gasteiger partial charge on any atom is -0.378 e. The van der Waals surface area contributed by atoms with Crippen LogP contribution in [0.1, 0.15) is 11.1 Å². The molecule has 0 atom stereocenters. The maximum Gasteiger partial charge on any atom is 0.0645 e. The second-order valence-corrected chi connectivity index (χ2v) is 6.06. The van der Waals surface area contributed by atoms with Gasteiger partial charge < -0.3 is 15.0 Å². The molecular formula is C16H23N3O. The molecule has 3 aliphatic heterocycles. The highest BCUT2D eigenvalue weighted by atomic mass is 16.5. The molecule has 1 aromatic carbocycles. The van der Waals surface area contributed by atoms with Gasteiger partial charge in [-0.2, -0.15) is 0 Å². The fourth-order valence-electron chi connectivity index (χ4n) is 3.57. The Balaban J connectivity index is 1.48. The van der Waals surface area contributed by atoms with Crippen LogP contribution >= 0.6 is 0 Å². The van der Waals surface area contributed by atoms with E-state index in [-0.39, 0.29) is 0 Å². The number of nitrogens with one attached hydrogen (secondary N) is 1. The Kier molecular flexibility index (Phi) is 3.38. The van der Waals surface area contributed by atoms with Crippen LogP contribution in [0, 0.1) is 0 Å². The van der Waals surface area contributed by atoms with Gasteiger partial charge in [-0.25, -0.2) is 0 Å². The number of benzene rings is 1. The quantitative estimate of drug-likeness (QED) is 0.865. The number of rotatable bonds is 2. The fourth-order valence-corrected chi connectivity index (χ4v) is 3.57. The summed E-state index contributed by atoms with van der Waals surface area (Å²) in [7, 11) is 0. The minimum atomic E-state index is 0.686. The predicted octanol–water partition coefficient (Wildman–Crippen LogP) is 0.853. The Morgan fingerprint density at radius 3 is 2.70 bits per heavy atom. The highest BCUT2D eigenvalue weighted by Gasteiger charge is 2.29. The smallest absolute Gasteiger partial charge is 0.0645 e. The van der Waals surface area contributed by atoms with Gasteiger partial charge in [-0.15, -0.1) is 0 Å². The van der Waals surface area contributed by atoms with Gasteiger partial charge in [0, 0.05) is 38.4 Å². The average Bonchev–Trinajstić information content (AvgIpc) is 2.46. The molecule has 1 N–H and O–H groups in total. The molecule has 0 spiro atoms.